The fraction of sp³-hybridized carbons (Fsp3) is 0.348. The summed E-state index contributed by atoms with van der Waals surface area (Å²) in [6, 6.07) is 5.52. The first kappa shape index (κ1) is 24.6. The maximum Gasteiger partial charge on any atom is 0.229 e. The lowest BCUT2D eigenvalue weighted by Crippen LogP contribution is -2.60. The number of phenolic OH excluding ortho intramolecular Hbond substituents is 2. The molecule has 188 valence electrons. The zero-order chi connectivity index (χ0) is 25.4. The van der Waals surface area contributed by atoms with Crippen molar-refractivity contribution in [2.75, 3.05) is 20.8 Å². The first-order valence-corrected chi connectivity index (χ1v) is 10.4. The van der Waals surface area contributed by atoms with E-state index in [1.165, 1.54) is 38.5 Å². The van der Waals surface area contributed by atoms with E-state index in [9.17, 15) is 35.4 Å². The van der Waals surface area contributed by atoms with Gasteiger partial charge in [0.25, 0.3) is 0 Å². The molecule has 0 saturated carbocycles. The quantitative estimate of drug-likeness (QED) is 0.272. The molecule has 0 bridgehead atoms. The SMILES string of the molecule is COc1ccc(-c2coc3cc(O[C@H]4O[C@H](CO)[C@@H](O)[C@H](O)[C@H]4O)c(OC)c(O)c3c2=O)cc1O. The molecule has 0 unspecified atom stereocenters. The van der Waals surface area contributed by atoms with E-state index >= 15 is 0 Å². The lowest BCUT2D eigenvalue weighted by molar-refractivity contribution is -0.277. The van der Waals surface area contributed by atoms with Crippen LogP contribution < -0.4 is 19.6 Å². The molecule has 0 amide bonds. The van der Waals surface area contributed by atoms with E-state index in [0.717, 1.165) is 6.26 Å². The molecule has 1 aliphatic heterocycles. The van der Waals surface area contributed by atoms with Gasteiger partial charge in [-0.05, 0) is 17.7 Å². The van der Waals surface area contributed by atoms with Crippen molar-refractivity contribution in [1.29, 1.82) is 0 Å². The third-order valence-electron chi connectivity index (χ3n) is 5.75. The zero-order valence-electron chi connectivity index (χ0n) is 18.6. The summed E-state index contributed by atoms with van der Waals surface area (Å²) >= 11 is 0. The Morgan fingerprint density at radius 2 is 1.71 bits per heavy atom. The van der Waals surface area contributed by atoms with Crippen LogP contribution >= 0.6 is 0 Å². The van der Waals surface area contributed by atoms with Crippen molar-refractivity contribution >= 4 is 11.0 Å². The van der Waals surface area contributed by atoms with E-state index in [2.05, 4.69) is 0 Å². The molecule has 0 radical (unpaired) electrons. The standard InChI is InChI=1S/C23H24O12/c1-31-12-4-3-9(5-11(12)25)10-8-33-13-6-14(22(32-2)19(28)16(13)17(10)26)34-23-21(30)20(29)18(27)15(7-24)35-23/h3-6,8,15,18,20-21,23-25,27-30H,7H2,1-2H3/t15-,18-,20+,21-,23+/m1/s1. The Bertz CT molecular complexity index is 1280. The number of aliphatic hydroxyl groups is 4. The second-order valence-corrected chi connectivity index (χ2v) is 7.81. The van der Waals surface area contributed by atoms with Crippen molar-refractivity contribution < 1.29 is 54.0 Å². The highest BCUT2D eigenvalue weighted by molar-refractivity contribution is 5.91. The van der Waals surface area contributed by atoms with Crippen LogP contribution in [0.25, 0.3) is 22.1 Å². The highest BCUT2D eigenvalue weighted by Crippen LogP contribution is 2.43. The van der Waals surface area contributed by atoms with Gasteiger partial charge in [0, 0.05) is 6.07 Å². The van der Waals surface area contributed by atoms with Crippen LogP contribution in [0.3, 0.4) is 0 Å². The van der Waals surface area contributed by atoms with Crippen molar-refractivity contribution in [2.24, 2.45) is 0 Å². The molecule has 2 aromatic carbocycles. The third-order valence-corrected chi connectivity index (χ3v) is 5.75. The molecule has 12 nitrogen and oxygen atoms in total. The van der Waals surface area contributed by atoms with Crippen LogP contribution in [0.1, 0.15) is 0 Å². The van der Waals surface area contributed by atoms with Gasteiger partial charge < -0.3 is 54.0 Å². The molecule has 0 spiro atoms. The van der Waals surface area contributed by atoms with Gasteiger partial charge in [-0.3, -0.25) is 4.79 Å². The Kier molecular flexibility index (Phi) is 6.74. The van der Waals surface area contributed by atoms with Crippen molar-refractivity contribution in [3.8, 4) is 39.9 Å². The topological polar surface area (TPSA) is 189 Å². The van der Waals surface area contributed by atoms with E-state index in [-0.39, 0.29) is 39.5 Å². The molecule has 1 saturated heterocycles. The molecule has 2 heterocycles. The summed E-state index contributed by atoms with van der Waals surface area (Å²) < 4.78 is 26.7. The van der Waals surface area contributed by atoms with Gasteiger partial charge in [0.05, 0.1) is 26.4 Å². The van der Waals surface area contributed by atoms with Gasteiger partial charge in [-0.1, -0.05) is 6.07 Å². The Balaban J connectivity index is 1.77. The number of hydrogen-bond donors (Lipinski definition) is 6. The number of fused-ring (bicyclic) bond motifs is 1. The Labute approximate surface area is 197 Å². The zero-order valence-corrected chi connectivity index (χ0v) is 18.6. The molecule has 6 N–H and O–H groups in total. The first-order valence-electron chi connectivity index (χ1n) is 10.4. The molecule has 12 heteroatoms. The first-order chi connectivity index (χ1) is 16.7. The summed E-state index contributed by atoms with van der Waals surface area (Å²) in [7, 11) is 2.58. The summed E-state index contributed by atoms with van der Waals surface area (Å²) in [6.45, 7) is -0.663. The third kappa shape index (κ3) is 4.22. The number of ether oxygens (including phenoxy) is 4. The molecule has 4 rings (SSSR count). The number of hydrogen-bond acceptors (Lipinski definition) is 12. The molecule has 1 aliphatic rings. The fourth-order valence-corrected chi connectivity index (χ4v) is 3.86. The summed E-state index contributed by atoms with van der Waals surface area (Å²) in [5.41, 5.74) is -0.394. The van der Waals surface area contributed by atoms with Crippen molar-refractivity contribution in [2.45, 2.75) is 30.7 Å². The molecule has 3 aromatic rings. The average Bonchev–Trinajstić information content (AvgIpc) is 2.84. The Morgan fingerprint density at radius 3 is 2.34 bits per heavy atom. The molecule has 5 atom stereocenters. The van der Waals surface area contributed by atoms with Crippen LogP contribution in [0.5, 0.6) is 28.7 Å². The monoisotopic (exact) mass is 492 g/mol. The average molecular weight is 492 g/mol. The summed E-state index contributed by atoms with van der Waals surface area (Å²) in [6.07, 6.45) is -6.64. The van der Waals surface area contributed by atoms with Crippen molar-refractivity contribution in [1.82, 2.24) is 0 Å². The van der Waals surface area contributed by atoms with Crippen LogP contribution in [0, 0.1) is 0 Å². The lowest BCUT2D eigenvalue weighted by Gasteiger charge is -2.39. The number of methoxy groups -OCH3 is 2. The predicted molar refractivity (Wildman–Crippen MR) is 119 cm³/mol. The molecular formula is C23H24O12. The Hall–Kier alpha value is -3.55. The molecule has 1 aromatic heterocycles. The number of aliphatic hydroxyl groups excluding tert-OH is 4. The van der Waals surface area contributed by atoms with Gasteiger partial charge in [0.15, 0.2) is 23.0 Å². The maximum absolute atomic E-state index is 13.2. The van der Waals surface area contributed by atoms with Gasteiger partial charge in [-0.15, -0.1) is 0 Å². The van der Waals surface area contributed by atoms with Crippen molar-refractivity contribution in [3.63, 3.8) is 0 Å². The van der Waals surface area contributed by atoms with Crippen LogP contribution in [0.4, 0.5) is 0 Å². The molecular weight excluding hydrogens is 468 g/mol. The second-order valence-electron chi connectivity index (χ2n) is 7.81. The van der Waals surface area contributed by atoms with E-state index in [1.54, 1.807) is 0 Å². The number of aromatic hydroxyl groups is 2. The van der Waals surface area contributed by atoms with Crippen molar-refractivity contribution in [3.05, 3.63) is 40.8 Å². The van der Waals surface area contributed by atoms with Gasteiger partial charge in [-0.25, -0.2) is 0 Å². The van der Waals surface area contributed by atoms with E-state index in [0.29, 0.717) is 5.56 Å². The maximum atomic E-state index is 13.2. The highest BCUT2D eigenvalue weighted by Gasteiger charge is 2.45. The van der Waals surface area contributed by atoms with Crippen LogP contribution in [0.15, 0.2) is 39.7 Å². The van der Waals surface area contributed by atoms with Crippen LogP contribution in [0.2, 0.25) is 0 Å². The summed E-state index contributed by atoms with van der Waals surface area (Å²) in [4.78, 5) is 13.2. The summed E-state index contributed by atoms with van der Waals surface area (Å²) in [5, 5.41) is 60.2. The molecule has 1 fully saturated rings. The lowest BCUT2D eigenvalue weighted by atomic mass is 9.99. The molecule has 0 aliphatic carbocycles. The number of phenols is 2. The highest BCUT2D eigenvalue weighted by atomic mass is 16.7. The van der Waals surface area contributed by atoms with E-state index < -0.39 is 48.5 Å². The normalized spacial score (nSPS) is 24.3. The fourth-order valence-electron chi connectivity index (χ4n) is 3.86. The largest absolute Gasteiger partial charge is 0.504 e. The van der Waals surface area contributed by atoms with Gasteiger partial charge in [0.2, 0.25) is 17.5 Å². The minimum absolute atomic E-state index is 0.0374. The predicted octanol–water partition coefficient (Wildman–Crippen LogP) is 0.0671. The van der Waals surface area contributed by atoms with Crippen LogP contribution in [-0.4, -0.2) is 82.2 Å². The van der Waals surface area contributed by atoms with Gasteiger partial charge in [-0.2, -0.15) is 0 Å². The van der Waals surface area contributed by atoms with E-state index in [1.807, 2.05) is 0 Å². The van der Waals surface area contributed by atoms with Gasteiger partial charge >= 0.3 is 0 Å². The number of benzene rings is 2. The van der Waals surface area contributed by atoms with Gasteiger partial charge in [0.1, 0.15) is 41.6 Å². The summed E-state index contributed by atoms with van der Waals surface area (Å²) in [5.74, 6) is -1.12. The Morgan fingerprint density at radius 1 is 0.971 bits per heavy atom. The second kappa shape index (κ2) is 9.60. The minimum atomic E-state index is -1.72. The number of rotatable bonds is 6. The van der Waals surface area contributed by atoms with E-state index in [4.69, 9.17) is 23.4 Å². The smallest absolute Gasteiger partial charge is 0.229 e. The minimum Gasteiger partial charge on any atom is -0.504 e. The van der Waals surface area contributed by atoms with Crippen LogP contribution in [-0.2, 0) is 4.74 Å². The molecule has 35 heavy (non-hydrogen) atoms.